The third kappa shape index (κ3) is 6.80. The third-order valence-corrected chi connectivity index (χ3v) is 3.52. The van der Waals surface area contributed by atoms with E-state index >= 15 is 0 Å². The maximum absolute atomic E-state index is 11.9. The molecule has 1 aromatic rings. The van der Waals surface area contributed by atoms with E-state index in [4.69, 9.17) is 22.4 Å². The zero-order valence-corrected chi connectivity index (χ0v) is 13.2. The quantitative estimate of drug-likeness (QED) is 0.611. The van der Waals surface area contributed by atoms with Crippen molar-refractivity contribution in [2.75, 3.05) is 37.3 Å². The largest absolute Gasteiger partial charge is 0.397 e. The van der Waals surface area contributed by atoms with Crippen LogP contribution in [0.3, 0.4) is 0 Å². The molecule has 0 spiro atoms. The predicted octanol–water partition coefficient (Wildman–Crippen LogP) is 2.35. The molecule has 1 aromatic carbocycles. The van der Waals surface area contributed by atoms with Gasteiger partial charge in [0.2, 0.25) is 5.91 Å². The van der Waals surface area contributed by atoms with Crippen LogP contribution in [0.25, 0.3) is 0 Å². The van der Waals surface area contributed by atoms with Gasteiger partial charge in [-0.3, -0.25) is 4.79 Å². The molecule has 0 radical (unpaired) electrons. The second-order valence-electron chi connectivity index (χ2n) is 4.95. The van der Waals surface area contributed by atoms with Crippen molar-refractivity contribution in [1.29, 1.82) is 0 Å². The van der Waals surface area contributed by atoms with Crippen LogP contribution in [-0.4, -0.2) is 42.2 Å². The molecule has 6 heteroatoms. The molecule has 0 aliphatic rings. The molecule has 21 heavy (non-hydrogen) atoms. The Morgan fingerprint density at radius 3 is 2.76 bits per heavy atom. The van der Waals surface area contributed by atoms with Gasteiger partial charge in [0.25, 0.3) is 0 Å². The maximum Gasteiger partial charge on any atom is 0.225 e. The normalized spacial score (nSPS) is 10.9. The zero-order chi connectivity index (χ0) is 15.7. The fraction of sp³-hybridized carbons (Fsp3) is 0.533. The van der Waals surface area contributed by atoms with Gasteiger partial charge >= 0.3 is 0 Å². The first kappa shape index (κ1) is 17.8. The number of halogens is 1. The van der Waals surface area contributed by atoms with Crippen molar-refractivity contribution in [2.45, 2.75) is 26.2 Å². The van der Waals surface area contributed by atoms with Gasteiger partial charge in [-0.25, -0.2) is 0 Å². The summed E-state index contributed by atoms with van der Waals surface area (Å²) >= 11 is 5.84. The molecule has 118 valence electrons. The lowest BCUT2D eigenvalue weighted by molar-refractivity contribution is -0.116. The molecule has 0 aliphatic heterocycles. The lowest BCUT2D eigenvalue weighted by Crippen LogP contribution is -2.31. The van der Waals surface area contributed by atoms with E-state index in [2.05, 4.69) is 17.1 Å². The van der Waals surface area contributed by atoms with Crippen LogP contribution < -0.4 is 11.1 Å². The molecule has 0 fully saturated rings. The average molecular weight is 314 g/mol. The fourth-order valence-electron chi connectivity index (χ4n) is 1.96. The average Bonchev–Trinajstić information content (AvgIpc) is 2.46. The smallest absolute Gasteiger partial charge is 0.225 e. The summed E-state index contributed by atoms with van der Waals surface area (Å²) in [5, 5.41) is 12.3. The van der Waals surface area contributed by atoms with Crippen molar-refractivity contribution in [2.24, 2.45) is 0 Å². The number of aliphatic hydroxyl groups is 1. The molecule has 0 unspecified atom stereocenters. The number of nitrogen functional groups attached to an aromatic ring is 1. The van der Waals surface area contributed by atoms with Crippen LogP contribution in [-0.2, 0) is 4.79 Å². The summed E-state index contributed by atoms with van der Waals surface area (Å²) in [5.74, 6) is -0.0730. The first-order valence-corrected chi connectivity index (χ1v) is 7.62. The summed E-state index contributed by atoms with van der Waals surface area (Å²) in [6.07, 6.45) is 2.54. The molecular formula is C15H24ClN3O2. The Labute approximate surface area is 131 Å². The van der Waals surface area contributed by atoms with Crippen molar-refractivity contribution in [1.82, 2.24) is 4.90 Å². The van der Waals surface area contributed by atoms with Crippen molar-refractivity contribution >= 4 is 28.9 Å². The number of anilines is 2. The molecule has 0 saturated heterocycles. The van der Waals surface area contributed by atoms with Crippen LogP contribution in [0.2, 0.25) is 5.02 Å². The van der Waals surface area contributed by atoms with Crippen LogP contribution in [0.4, 0.5) is 11.4 Å². The third-order valence-electron chi connectivity index (χ3n) is 3.18. The highest BCUT2D eigenvalue weighted by Gasteiger charge is 2.08. The molecule has 1 rings (SSSR count). The number of nitrogens with zero attached hydrogens (tertiary/aromatic N) is 1. The van der Waals surface area contributed by atoms with Gasteiger partial charge in [-0.05, 0) is 31.2 Å². The highest BCUT2D eigenvalue weighted by atomic mass is 35.5. The molecule has 0 aliphatic carbocycles. The number of carbonyl (C=O) groups excluding carboxylic acids is 1. The minimum atomic E-state index is -0.0730. The van der Waals surface area contributed by atoms with E-state index < -0.39 is 0 Å². The number of hydrogen-bond acceptors (Lipinski definition) is 4. The van der Waals surface area contributed by atoms with Gasteiger partial charge in [0.1, 0.15) is 0 Å². The molecule has 0 heterocycles. The summed E-state index contributed by atoms with van der Waals surface area (Å²) in [6, 6.07) is 5.02. The van der Waals surface area contributed by atoms with Crippen LogP contribution in [0, 0.1) is 0 Å². The van der Waals surface area contributed by atoms with E-state index in [1.807, 2.05) is 0 Å². The van der Waals surface area contributed by atoms with Gasteiger partial charge in [-0.2, -0.15) is 0 Å². The zero-order valence-electron chi connectivity index (χ0n) is 12.4. The SMILES string of the molecule is CCCCN(CCO)CCC(=O)Nc1ccc(Cl)c(N)c1. The summed E-state index contributed by atoms with van der Waals surface area (Å²) < 4.78 is 0. The molecule has 0 bridgehead atoms. The van der Waals surface area contributed by atoms with Crippen LogP contribution in [0.5, 0.6) is 0 Å². The van der Waals surface area contributed by atoms with Gasteiger partial charge < -0.3 is 21.1 Å². The summed E-state index contributed by atoms with van der Waals surface area (Å²) in [6.45, 7) is 4.36. The van der Waals surface area contributed by atoms with Gasteiger partial charge in [-0.15, -0.1) is 0 Å². The Kier molecular flexibility index (Phi) is 8.12. The number of nitrogens with one attached hydrogen (secondary N) is 1. The van der Waals surface area contributed by atoms with Crippen LogP contribution >= 0.6 is 11.6 Å². The highest BCUT2D eigenvalue weighted by molar-refractivity contribution is 6.33. The van der Waals surface area contributed by atoms with E-state index in [1.165, 1.54) is 0 Å². The Bertz CT molecular complexity index is 455. The molecule has 4 N–H and O–H groups in total. The lowest BCUT2D eigenvalue weighted by Gasteiger charge is -2.20. The molecule has 0 saturated carbocycles. The Hall–Kier alpha value is -1.30. The fourth-order valence-corrected chi connectivity index (χ4v) is 2.08. The number of benzene rings is 1. The number of unbranched alkanes of at least 4 members (excludes halogenated alkanes) is 1. The number of aliphatic hydroxyl groups excluding tert-OH is 1. The molecule has 0 aromatic heterocycles. The predicted molar refractivity (Wildman–Crippen MR) is 87.5 cm³/mol. The number of hydrogen-bond donors (Lipinski definition) is 3. The van der Waals surface area contributed by atoms with E-state index in [1.54, 1.807) is 18.2 Å². The second-order valence-corrected chi connectivity index (χ2v) is 5.36. The topological polar surface area (TPSA) is 78.6 Å². The number of rotatable bonds is 9. The second kappa shape index (κ2) is 9.60. The minimum Gasteiger partial charge on any atom is -0.397 e. The standard InChI is InChI=1S/C15H24ClN3O2/c1-2-3-7-19(9-10-20)8-6-15(21)18-12-4-5-13(16)14(17)11-12/h4-5,11,20H,2-3,6-10,17H2,1H3,(H,18,21). The van der Waals surface area contributed by atoms with Crippen molar-refractivity contribution in [3.63, 3.8) is 0 Å². The summed E-state index contributed by atoms with van der Waals surface area (Å²) in [5.41, 5.74) is 6.78. The molecule has 0 atom stereocenters. The van der Waals surface area contributed by atoms with Crippen LogP contribution in [0.15, 0.2) is 18.2 Å². The van der Waals surface area contributed by atoms with Crippen molar-refractivity contribution < 1.29 is 9.90 Å². The van der Waals surface area contributed by atoms with Gasteiger partial charge in [0.05, 0.1) is 17.3 Å². The Morgan fingerprint density at radius 1 is 1.38 bits per heavy atom. The Morgan fingerprint density at radius 2 is 2.14 bits per heavy atom. The van der Waals surface area contributed by atoms with Crippen molar-refractivity contribution in [3.8, 4) is 0 Å². The van der Waals surface area contributed by atoms with Gasteiger partial charge in [-0.1, -0.05) is 24.9 Å². The minimum absolute atomic E-state index is 0.0730. The van der Waals surface area contributed by atoms with E-state index in [9.17, 15) is 4.79 Å². The number of amides is 1. The summed E-state index contributed by atoms with van der Waals surface area (Å²) in [4.78, 5) is 14.0. The Balaban J connectivity index is 2.42. The number of carbonyl (C=O) groups is 1. The van der Waals surface area contributed by atoms with Crippen molar-refractivity contribution in [3.05, 3.63) is 23.2 Å². The lowest BCUT2D eigenvalue weighted by atomic mass is 10.2. The first-order valence-electron chi connectivity index (χ1n) is 7.25. The maximum atomic E-state index is 11.9. The van der Waals surface area contributed by atoms with Crippen LogP contribution in [0.1, 0.15) is 26.2 Å². The molecule has 5 nitrogen and oxygen atoms in total. The van der Waals surface area contributed by atoms with Gasteiger partial charge in [0.15, 0.2) is 0 Å². The van der Waals surface area contributed by atoms with E-state index in [0.29, 0.717) is 35.9 Å². The highest BCUT2D eigenvalue weighted by Crippen LogP contribution is 2.22. The van der Waals surface area contributed by atoms with E-state index in [-0.39, 0.29) is 12.5 Å². The first-order chi connectivity index (χ1) is 10.1. The summed E-state index contributed by atoms with van der Waals surface area (Å²) in [7, 11) is 0. The van der Waals surface area contributed by atoms with Gasteiger partial charge in [0, 0.05) is 25.2 Å². The number of nitrogens with two attached hydrogens (primary N) is 1. The monoisotopic (exact) mass is 313 g/mol. The molecular weight excluding hydrogens is 290 g/mol. The molecule has 1 amide bonds. The van der Waals surface area contributed by atoms with E-state index in [0.717, 1.165) is 19.4 Å².